The highest BCUT2D eigenvalue weighted by Gasteiger charge is 2.22. The molecule has 1 fully saturated rings. The molecule has 0 aromatic carbocycles. The third-order valence-electron chi connectivity index (χ3n) is 1.86. The van der Waals surface area contributed by atoms with Crippen LogP contribution in [0.2, 0.25) is 0 Å². The molecule has 3 heteroatoms. The highest BCUT2D eigenvalue weighted by atomic mass is 16.2. The van der Waals surface area contributed by atoms with Crippen molar-refractivity contribution in [3.63, 3.8) is 0 Å². The van der Waals surface area contributed by atoms with E-state index in [-0.39, 0.29) is 11.9 Å². The monoisotopic (exact) mass is 154 g/mol. The summed E-state index contributed by atoms with van der Waals surface area (Å²) in [5.41, 5.74) is 0. The van der Waals surface area contributed by atoms with Crippen molar-refractivity contribution in [2.24, 2.45) is 0 Å². The molecule has 1 heterocycles. The van der Waals surface area contributed by atoms with Gasteiger partial charge in [-0.15, -0.1) is 6.58 Å². The van der Waals surface area contributed by atoms with Gasteiger partial charge in [0.05, 0.1) is 6.04 Å². The standard InChI is InChI=1S/C8H14N2O/c1-3-5-10-6-4-9-7(2)8(10)11/h3,7,9H,1,4-6H2,2H3. The van der Waals surface area contributed by atoms with Gasteiger partial charge < -0.3 is 10.2 Å². The third-order valence-corrected chi connectivity index (χ3v) is 1.86. The smallest absolute Gasteiger partial charge is 0.239 e. The Kier molecular flexibility index (Phi) is 2.65. The summed E-state index contributed by atoms with van der Waals surface area (Å²) in [7, 11) is 0. The van der Waals surface area contributed by atoms with Gasteiger partial charge >= 0.3 is 0 Å². The van der Waals surface area contributed by atoms with Gasteiger partial charge in [0.2, 0.25) is 5.91 Å². The summed E-state index contributed by atoms with van der Waals surface area (Å²) in [6, 6.07) is -0.0244. The summed E-state index contributed by atoms with van der Waals surface area (Å²) >= 11 is 0. The zero-order chi connectivity index (χ0) is 8.27. The van der Waals surface area contributed by atoms with Gasteiger partial charge in [0.15, 0.2) is 0 Å². The topological polar surface area (TPSA) is 32.3 Å². The van der Waals surface area contributed by atoms with Crippen molar-refractivity contribution in [2.75, 3.05) is 19.6 Å². The average molecular weight is 154 g/mol. The maximum Gasteiger partial charge on any atom is 0.239 e. The van der Waals surface area contributed by atoms with E-state index in [2.05, 4.69) is 11.9 Å². The number of carbonyl (C=O) groups is 1. The molecule has 1 unspecified atom stereocenters. The first-order valence-electron chi connectivity index (χ1n) is 3.88. The van der Waals surface area contributed by atoms with Crippen LogP contribution in [-0.4, -0.2) is 36.5 Å². The van der Waals surface area contributed by atoms with Gasteiger partial charge in [0, 0.05) is 19.6 Å². The molecule has 1 aliphatic heterocycles. The van der Waals surface area contributed by atoms with E-state index in [9.17, 15) is 4.79 Å². The molecule has 0 spiro atoms. The Labute approximate surface area is 67.1 Å². The minimum atomic E-state index is -0.0244. The quantitative estimate of drug-likeness (QED) is 0.567. The lowest BCUT2D eigenvalue weighted by atomic mass is 10.2. The van der Waals surface area contributed by atoms with Crippen LogP contribution in [0.4, 0.5) is 0 Å². The molecule has 1 aliphatic rings. The molecule has 11 heavy (non-hydrogen) atoms. The molecule has 0 aromatic rings. The Morgan fingerprint density at radius 1 is 1.91 bits per heavy atom. The van der Waals surface area contributed by atoms with Crippen molar-refractivity contribution in [1.82, 2.24) is 10.2 Å². The number of carbonyl (C=O) groups excluding carboxylic acids is 1. The number of piperazine rings is 1. The van der Waals surface area contributed by atoms with Crippen LogP contribution >= 0.6 is 0 Å². The van der Waals surface area contributed by atoms with Crippen LogP contribution in [0.5, 0.6) is 0 Å². The molecule has 0 aromatic heterocycles. The van der Waals surface area contributed by atoms with Crippen molar-refractivity contribution >= 4 is 5.91 Å². The molecule has 0 saturated carbocycles. The van der Waals surface area contributed by atoms with Gasteiger partial charge in [-0.3, -0.25) is 4.79 Å². The fraction of sp³-hybridized carbons (Fsp3) is 0.625. The second-order valence-electron chi connectivity index (χ2n) is 2.75. The molecular weight excluding hydrogens is 140 g/mol. The van der Waals surface area contributed by atoms with Crippen LogP contribution in [0.15, 0.2) is 12.7 Å². The largest absolute Gasteiger partial charge is 0.336 e. The first kappa shape index (κ1) is 8.27. The average Bonchev–Trinajstić information content (AvgIpc) is 1.99. The SMILES string of the molecule is C=CCN1CCNC(C)C1=O. The molecular formula is C8H14N2O. The fourth-order valence-corrected chi connectivity index (χ4v) is 1.22. The molecule has 1 atom stereocenters. The lowest BCUT2D eigenvalue weighted by molar-refractivity contribution is -0.134. The lowest BCUT2D eigenvalue weighted by Gasteiger charge is -2.30. The zero-order valence-corrected chi connectivity index (χ0v) is 6.84. The maximum atomic E-state index is 11.3. The first-order valence-corrected chi connectivity index (χ1v) is 3.88. The molecule has 0 bridgehead atoms. The summed E-state index contributed by atoms with van der Waals surface area (Å²) in [6.07, 6.45) is 1.76. The predicted octanol–water partition coefficient (Wildman–Crippen LogP) is -0.00730. The Hall–Kier alpha value is -0.830. The number of rotatable bonds is 2. The van der Waals surface area contributed by atoms with E-state index < -0.39 is 0 Å². The van der Waals surface area contributed by atoms with E-state index in [4.69, 9.17) is 0 Å². The Balaban J connectivity index is 2.51. The van der Waals surface area contributed by atoms with Crippen LogP contribution in [-0.2, 0) is 4.79 Å². The van der Waals surface area contributed by atoms with Crippen molar-refractivity contribution < 1.29 is 4.79 Å². The second-order valence-corrected chi connectivity index (χ2v) is 2.75. The van der Waals surface area contributed by atoms with E-state index >= 15 is 0 Å². The van der Waals surface area contributed by atoms with Crippen LogP contribution < -0.4 is 5.32 Å². The Morgan fingerprint density at radius 2 is 2.64 bits per heavy atom. The number of hydrogen-bond acceptors (Lipinski definition) is 2. The molecule has 1 rings (SSSR count). The highest BCUT2D eigenvalue weighted by molar-refractivity contribution is 5.82. The van der Waals surface area contributed by atoms with E-state index in [1.54, 1.807) is 6.08 Å². The van der Waals surface area contributed by atoms with Gasteiger partial charge in [0.25, 0.3) is 0 Å². The van der Waals surface area contributed by atoms with E-state index in [1.807, 2.05) is 11.8 Å². The number of nitrogens with one attached hydrogen (secondary N) is 1. The van der Waals surface area contributed by atoms with Gasteiger partial charge in [-0.1, -0.05) is 6.08 Å². The Bertz CT molecular complexity index is 167. The molecule has 1 amide bonds. The molecule has 0 radical (unpaired) electrons. The molecule has 1 N–H and O–H groups in total. The molecule has 0 aliphatic carbocycles. The maximum absolute atomic E-state index is 11.3. The number of amides is 1. The normalized spacial score (nSPS) is 25.4. The minimum Gasteiger partial charge on any atom is -0.336 e. The summed E-state index contributed by atoms with van der Waals surface area (Å²) < 4.78 is 0. The van der Waals surface area contributed by atoms with Crippen molar-refractivity contribution in [1.29, 1.82) is 0 Å². The van der Waals surface area contributed by atoms with Crippen molar-refractivity contribution in [3.8, 4) is 0 Å². The van der Waals surface area contributed by atoms with Crippen molar-refractivity contribution in [2.45, 2.75) is 13.0 Å². The van der Waals surface area contributed by atoms with E-state index in [0.717, 1.165) is 13.1 Å². The minimum absolute atomic E-state index is 0.0244. The predicted molar refractivity (Wildman–Crippen MR) is 44.2 cm³/mol. The van der Waals surface area contributed by atoms with Crippen LogP contribution in [0.3, 0.4) is 0 Å². The number of hydrogen-bond donors (Lipinski definition) is 1. The van der Waals surface area contributed by atoms with Gasteiger partial charge in [-0.25, -0.2) is 0 Å². The molecule has 3 nitrogen and oxygen atoms in total. The molecule has 1 saturated heterocycles. The van der Waals surface area contributed by atoms with Crippen molar-refractivity contribution in [3.05, 3.63) is 12.7 Å². The fourth-order valence-electron chi connectivity index (χ4n) is 1.22. The summed E-state index contributed by atoms with van der Waals surface area (Å²) in [5.74, 6) is 0.177. The molecule has 62 valence electrons. The number of nitrogens with zero attached hydrogens (tertiary/aromatic N) is 1. The van der Waals surface area contributed by atoms with Gasteiger partial charge in [-0.2, -0.15) is 0 Å². The summed E-state index contributed by atoms with van der Waals surface area (Å²) in [4.78, 5) is 13.1. The van der Waals surface area contributed by atoms with Crippen LogP contribution in [0.25, 0.3) is 0 Å². The highest BCUT2D eigenvalue weighted by Crippen LogP contribution is 1.99. The first-order chi connectivity index (χ1) is 5.25. The second kappa shape index (κ2) is 3.53. The summed E-state index contributed by atoms with van der Waals surface area (Å²) in [6.45, 7) is 7.85. The van der Waals surface area contributed by atoms with Gasteiger partial charge in [0.1, 0.15) is 0 Å². The summed E-state index contributed by atoms with van der Waals surface area (Å²) in [5, 5.41) is 3.09. The Morgan fingerprint density at radius 3 is 3.27 bits per heavy atom. The zero-order valence-electron chi connectivity index (χ0n) is 6.84. The lowest BCUT2D eigenvalue weighted by Crippen LogP contribution is -2.53. The third kappa shape index (κ3) is 1.80. The van der Waals surface area contributed by atoms with E-state index in [1.165, 1.54) is 0 Å². The van der Waals surface area contributed by atoms with Crippen LogP contribution in [0.1, 0.15) is 6.92 Å². The van der Waals surface area contributed by atoms with Crippen LogP contribution in [0, 0.1) is 0 Å². The van der Waals surface area contributed by atoms with Gasteiger partial charge in [-0.05, 0) is 6.92 Å². The van der Waals surface area contributed by atoms with E-state index in [0.29, 0.717) is 6.54 Å².